The van der Waals surface area contributed by atoms with Crippen LogP contribution >= 0.6 is 0 Å². The molecule has 0 bridgehead atoms. The lowest BCUT2D eigenvalue weighted by Crippen LogP contribution is -2.24. The van der Waals surface area contributed by atoms with Crippen LogP contribution in [0.5, 0.6) is 0 Å². The lowest BCUT2D eigenvalue weighted by atomic mass is 10.3. The molecule has 4 nitrogen and oxygen atoms in total. The molecule has 1 aromatic heterocycles. The minimum Gasteiger partial charge on any atom is -0.385 e. The van der Waals surface area contributed by atoms with Crippen molar-refractivity contribution in [1.29, 1.82) is 0 Å². The Morgan fingerprint density at radius 1 is 1.11 bits per heavy atom. The van der Waals surface area contributed by atoms with Gasteiger partial charge in [0.15, 0.2) is 0 Å². The molecule has 0 spiro atoms. The number of anilines is 1. The molecule has 2 rings (SSSR count). The summed E-state index contributed by atoms with van der Waals surface area (Å²) in [5, 5.41) is 3.33. The predicted octanol–water partition coefficient (Wildman–Crippen LogP) is 2.17. The van der Waals surface area contributed by atoms with E-state index in [1.54, 1.807) is 9.13 Å². The van der Waals surface area contributed by atoms with Crippen molar-refractivity contribution in [2.45, 2.75) is 26.4 Å². The zero-order chi connectivity index (χ0) is 12.8. The third-order valence-corrected chi connectivity index (χ3v) is 2.94. The smallest absolute Gasteiger partial charge is 0.328 e. The largest absolute Gasteiger partial charge is 0.385 e. The molecule has 0 atom stereocenters. The van der Waals surface area contributed by atoms with Gasteiger partial charge in [0, 0.05) is 37.7 Å². The van der Waals surface area contributed by atoms with Gasteiger partial charge in [0.1, 0.15) is 0 Å². The van der Waals surface area contributed by atoms with Crippen LogP contribution in [0.15, 0.2) is 47.5 Å². The number of hydrogen-bond donors (Lipinski definition) is 1. The number of rotatable bonds is 6. The normalized spacial score (nSPS) is 10.5. The van der Waals surface area contributed by atoms with Gasteiger partial charge in [-0.2, -0.15) is 0 Å². The second-order valence-corrected chi connectivity index (χ2v) is 4.21. The molecule has 96 valence electrons. The van der Waals surface area contributed by atoms with E-state index < -0.39 is 0 Å². The van der Waals surface area contributed by atoms with Crippen LogP contribution in [0.25, 0.3) is 0 Å². The van der Waals surface area contributed by atoms with Crippen molar-refractivity contribution in [3.8, 4) is 0 Å². The maximum Gasteiger partial charge on any atom is 0.328 e. The van der Waals surface area contributed by atoms with Crippen LogP contribution < -0.4 is 11.0 Å². The second kappa shape index (κ2) is 6.10. The zero-order valence-electron chi connectivity index (χ0n) is 10.7. The topological polar surface area (TPSA) is 39.0 Å². The van der Waals surface area contributed by atoms with Gasteiger partial charge in [-0.15, -0.1) is 0 Å². The molecule has 0 unspecified atom stereocenters. The average Bonchev–Trinajstić information content (AvgIpc) is 2.77. The van der Waals surface area contributed by atoms with E-state index in [2.05, 4.69) is 5.32 Å². The van der Waals surface area contributed by atoms with Gasteiger partial charge in [0.25, 0.3) is 0 Å². The molecule has 1 aromatic carbocycles. The molecule has 0 fully saturated rings. The van der Waals surface area contributed by atoms with Crippen LogP contribution in [-0.4, -0.2) is 15.7 Å². The van der Waals surface area contributed by atoms with Crippen LogP contribution in [0.2, 0.25) is 0 Å². The number of para-hydroxylation sites is 1. The van der Waals surface area contributed by atoms with Crippen molar-refractivity contribution in [2.24, 2.45) is 0 Å². The first-order valence-electron chi connectivity index (χ1n) is 6.35. The summed E-state index contributed by atoms with van der Waals surface area (Å²) < 4.78 is 3.47. The Balaban J connectivity index is 1.79. The fourth-order valence-electron chi connectivity index (χ4n) is 1.90. The number of nitrogens with zero attached hydrogens (tertiary/aromatic N) is 2. The molecule has 0 saturated carbocycles. The van der Waals surface area contributed by atoms with Gasteiger partial charge in [-0.25, -0.2) is 4.79 Å². The van der Waals surface area contributed by atoms with E-state index in [9.17, 15) is 4.79 Å². The summed E-state index contributed by atoms with van der Waals surface area (Å²) in [6, 6.07) is 10.1. The van der Waals surface area contributed by atoms with Crippen molar-refractivity contribution >= 4 is 5.69 Å². The minimum atomic E-state index is 0.0808. The Labute approximate surface area is 107 Å². The zero-order valence-corrected chi connectivity index (χ0v) is 10.7. The predicted molar refractivity (Wildman–Crippen MR) is 73.9 cm³/mol. The molecular formula is C14H19N3O. The average molecular weight is 245 g/mol. The van der Waals surface area contributed by atoms with Gasteiger partial charge in [0.05, 0.1) is 0 Å². The van der Waals surface area contributed by atoms with Crippen molar-refractivity contribution in [3.05, 3.63) is 53.2 Å². The summed E-state index contributed by atoms with van der Waals surface area (Å²) in [6.45, 7) is 4.33. The molecule has 0 aliphatic heterocycles. The quantitative estimate of drug-likeness (QED) is 0.792. The summed E-state index contributed by atoms with van der Waals surface area (Å²) in [5.41, 5.74) is 1.20. The van der Waals surface area contributed by atoms with E-state index in [0.29, 0.717) is 0 Å². The van der Waals surface area contributed by atoms with Gasteiger partial charge in [-0.3, -0.25) is 9.13 Å². The van der Waals surface area contributed by atoms with Gasteiger partial charge in [-0.05, 0) is 25.5 Å². The lowest BCUT2D eigenvalue weighted by Gasteiger charge is -2.06. The molecule has 1 N–H and O–H groups in total. The van der Waals surface area contributed by atoms with Crippen molar-refractivity contribution < 1.29 is 0 Å². The highest BCUT2D eigenvalue weighted by Gasteiger charge is 2.00. The maximum atomic E-state index is 11.8. The first-order chi connectivity index (χ1) is 8.81. The summed E-state index contributed by atoms with van der Waals surface area (Å²) >= 11 is 0. The SMILES string of the molecule is CCn1ccn(CCCNc2ccccc2)c1=O. The molecule has 2 aromatic rings. The van der Waals surface area contributed by atoms with Crippen LogP contribution in [0.4, 0.5) is 5.69 Å². The fourth-order valence-corrected chi connectivity index (χ4v) is 1.90. The molecule has 4 heteroatoms. The summed E-state index contributed by atoms with van der Waals surface area (Å²) in [6.07, 6.45) is 4.63. The van der Waals surface area contributed by atoms with E-state index in [0.717, 1.165) is 31.7 Å². The van der Waals surface area contributed by atoms with Crippen LogP contribution in [0.1, 0.15) is 13.3 Å². The van der Waals surface area contributed by atoms with Crippen molar-refractivity contribution in [1.82, 2.24) is 9.13 Å². The van der Waals surface area contributed by atoms with Gasteiger partial charge < -0.3 is 5.32 Å². The summed E-state index contributed by atoms with van der Waals surface area (Å²) in [5.74, 6) is 0. The highest BCUT2D eigenvalue weighted by molar-refractivity contribution is 5.42. The Kier molecular flexibility index (Phi) is 4.23. The number of benzene rings is 1. The standard InChI is InChI=1S/C14H19N3O/c1-2-16-11-12-17(14(16)18)10-6-9-15-13-7-4-3-5-8-13/h3-5,7-8,11-12,15H,2,6,9-10H2,1H3. The number of hydrogen-bond acceptors (Lipinski definition) is 2. The number of aryl methyl sites for hydroxylation is 2. The van der Waals surface area contributed by atoms with Gasteiger partial charge in [-0.1, -0.05) is 18.2 Å². The summed E-state index contributed by atoms with van der Waals surface area (Å²) in [4.78, 5) is 11.8. The monoisotopic (exact) mass is 245 g/mol. The fraction of sp³-hybridized carbons (Fsp3) is 0.357. The third-order valence-electron chi connectivity index (χ3n) is 2.94. The molecule has 0 saturated heterocycles. The first-order valence-corrected chi connectivity index (χ1v) is 6.35. The number of aromatic nitrogens is 2. The molecular weight excluding hydrogens is 226 g/mol. The highest BCUT2D eigenvalue weighted by atomic mass is 16.1. The van der Waals surface area contributed by atoms with Gasteiger partial charge >= 0.3 is 5.69 Å². The molecule has 0 aliphatic rings. The van der Waals surface area contributed by atoms with E-state index in [4.69, 9.17) is 0 Å². The van der Waals surface area contributed by atoms with E-state index in [1.165, 1.54) is 0 Å². The van der Waals surface area contributed by atoms with Gasteiger partial charge in [0.2, 0.25) is 0 Å². The van der Waals surface area contributed by atoms with Crippen LogP contribution in [-0.2, 0) is 13.1 Å². The molecule has 1 heterocycles. The van der Waals surface area contributed by atoms with E-state index in [-0.39, 0.29) is 5.69 Å². The van der Waals surface area contributed by atoms with Crippen LogP contribution in [0.3, 0.4) is 0 Å². The van der Waals surface area contributed by atoms with E-state index >= 15 is 0 Å². The van der Waals surface area contributed by atoms with Crippen molar-refractivity contribution in [3.63, 3.8) is 0 Å². The molecule has 0 radical (unpaired) electrons. The minimum absolute atomic E-state index is 0.0808. The maximum absolute atomic E-state index is 11.8. The van der Waals surface area contributed by atoms with E-state index in [1.807, 2.05) is 49.6 Å². The second-order valence-electron chi connectivity index (χ2n) is 4.21. The number of imidazole rings is 1. The Morgan fingerprint density at radius 2 is 1.83 bits per heavy atom. The first kappa shape index (κ1) is 12.5. The molecule has 18 heavy (non-hydrogen) atoms. The van der Waals surface area contributed by atoms with Crippen LogP contribution in [0, 0.1) is 0 Å². The molecule has 0 aliphatic carbocycles. The number of nitrogens with one attached hydrogen (secondary N) is 1. The third kappa shape index (κ3) is 3.03. The summed E-state index contributed by atoms with van der Waals surface area (Å²) in [7, 11) is 0. The molecule has 0 amide bonds. The Hall–Kier alpha value is -1.97. The Morgan fingerprint density at radius 3 is 2.50 bits per heavy atom. The lowest BCUT2D eigenvalue weighted by molar-refractivity contribution is 0.608. The Bertz CT molecular complexity index is 527. The highest BCUT2D eigenvalue weighted by Crippen LogP contribution is 2.04. The van der Waals surface area contributed by atoms with Crippen molar-refractivity contribution in [2.75, 3.05) is 11.9 Å².